The normalized spacial score (nSPS) is 18.9. The Bertz CT molecular complexity index is 750. The fourth-order valence-corrected chi connectivity index (χ4v) is 2.82. The second kappa shape index (κ2) is 5.64. The van der Waals surface area contributed by atoms with Crippen LogP contribution >= 0.6 is 0 Å². The van der Waals surface area contributed by atoms with Gasteiger partial charge in [-0.05, 0) is 53.7 Å². The second-order valence-electron chi connectivity index (χ2n) is 7.29. The van der Waals surface area contributed by atoms with E-state index in [-0.39, 0.29) is 0 Å². The van der Waals surface area contributed by atoms with Crippen LogP contribution in [0.25, 0.3) is 11.3 Å². The van der Waals surface area contributed by atoms with Gasteiger partial charge in [0.05, 0.1) is 23.8 Å². The summed E-state index contributed by atoms with van der Waals surface area (Å²) in [6, 6.07) is 5.97. The van der Waals surface area contributed by atoms with Gasteiger partial charge in [-0.25, -0.2) is 0 Å². The van der Waals surface area contributed by atoms with E-state index < -0.39 is 18.3 Å². The topological polar surface area (TPSA) is 53.7 Å². The molecule has 1 fully saturated rings. The van der Waals surface area contributed by atoms with Crippen molar-refractivity contribution >= 4 is 12.6 Å². The second-order valence-corrected chi connectivity index (χ2v) is 7.29. The quantitative estimate of drug-likeness (QED) is 0.809. The van der Waals surface area contributed by atoms with Crippen LogP contribution in [0.2, 0.25) is 0 Å². The number of hydrogen-bond acceptors (Lipinski definition) is 5. The van der Waals surface area contributed by atoms with Crippen LogP contribution < -0.4 is 10.2 Å². The van der Waals surface area contributed by atoms with E-state index in [1.54, 1.807) is 7.11 Å². The lowest BCUT2D eigenvalue weighted by Gasteiger charge is -2.32. The Hall–Kier alpha value is -1.79. The fraction of sp³-hybridized carbons (Fsp3) is 0.500. The molecule has 128 valence electrons. The van der Waals surface area contributed by atoms with Crippen molar-refractivity contribution in [1.29, 1.82) is 0 Å². The summed E-state index contributed by atoms with van der Waals surface area (Å²) in [6.45, 7) is 12.0. The van der Waals surface area contributed by atoms with E-state index in [0.717, 1.165) is 22.3 Å². The lowest BCUT2D eigenvalue weighted by Crippen LogP contribution is -2.41. The van der Waals surface area contributed by atoms with Crippen LogP contribution in [0.1, 0.15) is 39.0 Å². The first-order chi connectivity index (χ1) is 11.2. The van der Waals surface area contributed by atoms with E-state index in [0.29, 0.717) is 11.5 Å². The summed E-state index contributed by atoms with van der Waals surface area (Å²) in [5.41, 5.74) is 2.67. The largest absolute Gasteiger partial charge is 0.500 e. The van der Waals surface area contributed by atoms with Gasteiger partial charge < -0.3 is 18.6 Å². The molecule has 1 aromatic carbocycles. The molecule has 0 radical (unpaired) electrons. The average Bonchev–Trinajstić information content (AvgIpc) is 2.96. The molecule has 0 atom stereocenters. The molecule has 2 aromatic rings. The summed E-state index contributed by atoms with van der Waals surface area (Å²) in [5, 5.41) is 4.26. The van der Waals surface area contributed by atoms with E-state index in [2.05, 4.69) is 5.16 Å². The van der Waals surface area contributed by atoms with Crippen LogP contribution in [0.3, 0.4) is 0 Å². The van der Waals surface area contributed by atoms with Crippen molar-refractivity contribution in [3.05, 3.63) is 29.5 Å². The summed E-state index contributed by atoms with van der Waals surface area (Å²) in [6.07, 6.45) is 0. The van der Waals surface area contributed by atoms with E-state index in [1.165, 1.54) is 0 Å². The molecule has 1 aromatic heterocycles. The van der Waals surface area contributed by atoms with E-state index >= 15 is 0 Å². The lowest BCUT2D eigenvalue weighted by atomic mass is 9.76. The lowest BCUT2D eigenvalue weighted by molar-refractivity contribution is 0.00578. The predicted molar refractivity (Wildman–Crippen MR) is 93.7 cm³/mol. The highest BCUT2D eigenvalue weighted by Crippen LogP contribution is 2.38. The third kappa shape index (κ3) is 2.64. The van der Waals surface area contributed by atoms with Crippen molar-refractivity contribution in [1.82, 2.24) is 5.16 Å². The number of aromatic nitrogens is 1. The molecule has 1 aliphatic heterocycles. The smallest absolute Gasteiger partial charge is 0.496 e. The highest BCUT2D eigenvalue weighted by atomic mass is 16.7. The van der Waals surface area contributed by atoms with E-state index in [9.17, 15) is 0 Å². The van der Waals surface area contributed by atoms with Gasteiger partial charge in [-0.2, -0.15) is 0 Å². The van der Waals surface area contributed by atoms with Crippen LogP contribution in [0.5, 0.6) is 5.75 Å². The molecular weight excluding hydrogens is 305 g/mol. The highest BCUT2D eigenvalue weighted by Gasteiger charge is 2.53. The van der Waals surface area contributed by atoms with Gasteiger partial charge in [0.2, 0.25) is 0 Å². The summed E-state index contributed by atoms with van der Waals surface area (Å²) in [5.74, 6) is 1.43. The Morgan fingerprint density at radius 2 is 1.67 bits per heavy atom. The van der Waals surface area contributed by atoms with Gasteiger partial charge in [-0.1, -0.05) is 16.8 Å². The number of benzene rings is 1. The Kier molecular flexibility index (Phi) is 4.01. The zero-order valence-electron chi connectivity index (χ0n) is 15.4. The molecule has 0 saturated carbocycles. The minimum atomic E-state index is -0.526. The van der Waals surface area contributed by atoms with Crippen LogP contribution in [0.4, 0.5) is 0 Å². The molecule has 6 heteroatoms. The van der Waals surface area contributed by atoms with Crippen LogP contribution in [-0.2, 0) is 9.31 Å². The zero-order valence-corrected chi connectivity index (χ0v) is 15.4. The summed E-state index contributed by atoms with van der Waals surface area (Å²) < 4.78 is 23.4. The third-order valence-electron chi connectivity index (χ3n) is 5.01. The summed E-state index contributed by atoms with van der Waals surface area (Å²) in [4.78, 5) is 0. The maximum Gasteiger partial charge on any atom is 0.500 e. The first-order valence-corrected chi connectivity index (χ1v) is 8.13. The molecule has 2 heterocycles. The number of methoxy groups -OCH3 is 1. The Labute approximate surface area is 143 Å². The van der Waals surface area contributed by atoms with Gasteiger partial charge in [0.25, 0.3) is 0 Å². The number of ether oxygens (including phenoxy) is 1. The summed E-state index contributed by atoms with van der Waals surface area (Å²) in [7, 11) is 1.12. The molecule has 0 spiro atoms. The molecule has 1 saturated heterocycles. The van der Waals surface area contributed by atoms with Crippen LogP contribution in [-0.4, -0.2) is 30.6 Å². The standard InChI is InChI=1S/C18H24BNO4/c1-11-8-9-14(21-7)13(10-11)16-15(12(2)22-20-16)19-23-17(3,4)18(5,6)24-19/h8-10H,1-7H3. The van der Waals surface area contributed by atoms with Crippen molar-refractivity contribution in [3.63, 3.8) is 0 Å². The van der Waals surface area contributed by atoms with Crippen molar-refractivity contribution in [2.45, 2.75) is 52.7 Å². The van der Waals surface area contributed by atoms with Gasteiger partial charge in [0, 0.05) is 5.56 Å². The number of rotatable bonds is 3. The van der Waals surface area contributed by atoms with E-state index in [1.807, 2.05) is 59.7 Å². The van der Waals surface area contributed by atoms with Crippen LogP contribution in [0.15, 0.2) is 22.7 Å². The Morgan fingerprint density at radius 1 is 1.04 bits per heavy atom. The number of aryl methyl sites for hydroxylation is 2. The van der Waals surface area contributed by atoms with E-state index in [4.69, 9.17) is 18.6 Å². The molecule has 0 unspecified atom stereocenters. The van der Waals surface area contributed by atoms with Gasteiger partial charge in [-0.15, -0.1) is 0 Å². The first-order valence-electron chi connectivity index (χ1n) is 8.13. The van der Waals surface area contributed by atoms with Gasteiger partial charge >= 0.3 is 7.12 Å². The molecule has 0 aliphatic carbocycles. The van der Waals surface area contributed by atoms with Crippen molar-refractivity contribution in [3.8, 4) is 17.0 Å². The highest BCUT2D eigenvalue weighted by molar-refractivity contribution is 6.64. The molecule has 3 rings (SSSR count). The average molecular weight is 329 g/mol. The maximum atomic E-state index is 6.19. The van der Waals surface area contributed by atoms with Crippen molar-refractivity contribution < 1.29 is 18.6 Å². The molecule has 24 heavy (non-hydrogen) atoms. The maximum absolute atomic E-state index is 6.19. The Balaban J connectivity index is 2.10. The zero-order chi connectivity index (χ0) is 17.7. The van der Waals surface area contributed by atoms with Gasteiger partial charge in [0.1, 0.15) is 17.2 Å². The van der Waals surface area contributed by atoms with Crippen LogP contribution in [0, 0.1) is 13.8 Å². The fourth-order valence-electron chi connectivity index (χ4n) is 2.82. The first kappa shape index (κ1) is 17.1. The molecule has 0 N–H and O–H groups in total. The Morgan fingerprint density at radius 3 is 2.25 bits per heavy atom. The molecule has 5 nitrogen and oxygen atoms in total. The SMILES string of the molecule is COc1ccc(C)cc1-c1noc(C)c1B1OC(C)(C)C(C)(C)O1. The monoisotopic (exact) mass is 329 g/mol. The minimum absolute atomic E-state index is 0.421. The van der Waals surface area contributed by atoms with Crippen molar-refractivity contribution in [2.24, 2.45) is 0 Å². The number of nitrogens with zero attached hydrogens (tertiary/aromatic N) is 1. The molecule has 0 bridgehead atoms. The molecule has 0 amide bonds. The number of hydrogen-bond donors (Lipinski definition) is 0. The summed E-state index contributed by atoms with van der Waals surface area (Å²) >= 11 is 0. The minimum Gasteiger partial charge on any atom is -0.496 e. The molecular formula is C18H24BNO4. The molecule has 1 aliphatic rings. The third-order valence-corrected chi connectivity index (χ3v) is 5.01. The van der Waals surface area contributed by atoms with Gasteiger partial charge in [-0.3, -0.25) is 0 Å². The predicted octanol–water partition coefficient (Wildman–Crippen LogP) is 3.27. The van der Waals surface area contributed by atoms with Crippen molar-refractivity contribution in [2.75, 3.05) is 7.11 Å². The van der Waals surface area contributed by atoms with Gasteiger partial charge in [0.15, 0.2) is 0 Å².